The molecule has 1 aliphatic rings. The van der Waals surface area contributed by atoms with Gasteiger partial charge in [-0.1, -0.05) is 109 Å². The van der Waals surface area contributed by atoms with Gasteiger partial charge < -0.3 is 4.74 Å². The molecule has 8 heteroatoms. The van der Waals surface area contributed by atoms with Crippen LogP contribution in [0.25, 0.3) is 45.3 Å². The average molecular weight is 582 g/mol. The second kappa shape index (κ2) is 10.9. The fraction of sp³-hybridized carbons (Fsp3) is 0.0556. The van der Waals surface area contributed by atoms with Crippen LogP contribution in [0.3, 0.4) is 0 Å². The molecule has 1 aliphatic carbocycles. The maximum absolute atomic E-state index is 15.7. The Morgan fingerprint density at radius 2 is 1.09 bits per heavy atom. The van der Waals surface area contributed by atoms with Crippen LogP contribution in [0.4, 0.5) is 8.78 Å². The Balaban J connectivity index is 1.30. The first kappa shape index (κ1) is 27.2. The van der Waals surface area contributed by atoms with Crippen molar-refractivity contribution in [1.82, 2.24) is 15.0 Å². The smallest absolute Gasteiger partial charge is 0.299 e. The minimum absolute atomic E-state index is 0.123. The van der Waals surface area contributed by atoms with Crippen molar-refractivity contribution in [2.24, 2.45) is 5.73 Å². The molecule has 0 aliphatic heterocycles. The first-order valence-electron chi connectivity index (χ1n) is 14.0. The molecule has 1 atom stereocenters. The van der Waals surface area contributed by atoms with Gasteiger partial charge in [0.05, 0.1) is 0 Å². The van der Waals surface area contributed by atoms with E-state index >= 15 is 8.78 Å². The highest BCUT2D eigenvalue weighted by molar-refractivity contribution is 5.95. The van der Waals surface area contributed by atoms with Gasteiger partial charge in [-0.15, -0.1) is 0 Å². The van der Waals surface area contributed by atoms with Gasteiger partial charge in [-0.3, -0.25) is 11.1 Å². The van der Waals surface area contributed by atoms with E-state index in [9.17, 15) is 0 Å². The predicted molar refractivity (Wildman–Crippen MR) is 166 cm³/mol. The van der Waals surface area contributed by atoms with E-state index < -0.39 is 12.2 Å². The summed E-state index contributed by atoms with van der Waals surface area (Å²) in [4.78, 5) is 14.2. The van der Waals surface area contributed by atoms with Crippen LogP contribution in [-0.2, 0) is 10.7 Å². The van der Waals surface area contributed by atoms with Crippen molar-refractivity contribution in [3.05, 3.63) is 150 Å². The van der Waals surface area contributed by atoms with Gasteiger partial charge >= 0.3 is 0 Å². The summed E-state index contributed by atoms with van der Waals surface area (Å²) >= 11 is 0. The van der Waals surface area contributed by atoms with Gasteiger partial charge in [-0.25, -0.2) is 15.0 Å². The molecule has 5 aromatic carbocycles. The lowest BCUT2D eigenvalue weighted by atomic mass is 10.0. The quantitative estimate of drug-likeness (QED) is 0.118. The first-order chi connectivity index (χ1) is 21.4. The lowest BCUT2D eigenvalue weighted by Crippen LogP contribution is -2.19. The number of ether oxygens (including phenoxy) is 1. The van der Waals surface area contributed by atoms with Crippen molar-refractivity contribution >= 4 is 5.90 Å². The lowest BCUT2D eigenvalue weighted by molar-refractivity contribution is 0.0480. The summed E-state index contributed by atoms with van der Waals surface area (Å²) in [7, 11) is 0. The summed E-state index contributed by atoms with van der Waals surface area (Å²) in [5.41, 5.74) is 9.76. The zero-order valence-corrected chi connectivity index (χ0v) is 23.3. The molecule has 0 spiro atoms. The van der Waals surface area contributed by atoms with E-state index in [2.05, 4.69) is 0 Å². The number of nitrogens with zero attached hydrogens (tertiary/aromatic N) is 3. The van der Waals surface area contributed by atoms with E-state index in [1.165, 1.54) is 18.2 Å². The Kier molecular flexibility index (Phi) is 6.75. The molecule has 0 saturated heterocycles. The first-order valence-corrected chi connectivity index (χ1v) is 14.0. The molecular formula is C36H25F2N5O. The normalized spacial score (nSPS) is 13.5. The number of alkyl halides is 2. The van der Waals surface area contributed by atoms with Crippen molar-refractivity contribution in [3.63, 3.8) is 0 Å². The Hall–Kier alpha value is -5.60. The van der Waals surface area contributed by atoms with E-state index in [1.807, 2.05) is 78.9 Å². The number of nitrogens with two attached hydrogens (primary N) is 1. The van der Waals surface area contributed by atoms with Crippen LogP contribution in [0.2, 0.25) is 0 Å². The SMILES string of the molecule is N=C(OC(N)c1ccccc1)c1ccc2c(c1)-c1cc(-c3nc(-c4ccccc4)nc(-c4ccccc4)n3)ccc1C2(F)F. The molecule has 44 heavy (non-hydrogen) atoms. The Bertz CT molecular complexity index is 1940. The van der Waals surface area contributed by atoms with Crippen molar-refractivity contribution in [1.29, 1.82) is 5.41 Å². The van der Waals surface area contributed by atoms with Gasteiger partial charge in [0.25, 0.3) is 5.92 Å². The van der Waals surface area contributed by atoms with Crippen molar-refractivity contribution in [3.8, 4) is 45.3 Å². The van der Waals surface area contributed by atoms with Crippen molar-refractivity contribution in [2.45, 2.75) is 12.2 Å². The molecule has 7 rings (SSSR count). The molecule has 0 fully saturated rings. The Morgan fingerprint density at radius 3 is 1.66 bits per heavy atom. The number of nitrogens with one attached hydrogen (secondary N) is 1. The van der Waals surface area contributed by atoms with Crippen LogP contribution in [0.5, 0.6) is 0 Å². The maximum atomic E-state index is 15.7. The molecule has 214 valence electrons. The van der Waals surface area contributed by atoms with Gasteiger partial charge in [0.1, 0.15) is 0 Å². The third kappa shape index (κ3) is 4.91. The van der Waals surface area contributed by atoms with E-state index in [-0.39, 0.29) is 17.0 Å². The molecule has 0 radical (unpaired) electrons. The fourth-order valence-electron chi connectivity index (χ4n) is 5.35. The van der Waals surface area contributed by atoms with E-state index in [0.717, 1.165) is 11.1 Å². The summed E-state index contributed by atoms with van der Waals surface area (Å²) in [6.07, 6.45) is -0.876. The summed E-state index contributed by atoms with van der Waals surface area (Å²) < 4.78 is 37.0. The predicted octanol–water partition coefficient (Wildman–Crippen LogP) is 7.99. The van der Waals surface area contributed by atoms with Crippen LogP contribution in [-0.4, -0.2) is 20.8 Å². The summed E-state index contributed by atoms with van der Waals surface area (Å²) in [5, 5.41) is 8.53. The van der Waals surface area contributed by atoms with Gasteiger partial charge in [-0.2, -0.15) is 8.78 Å². The highest BCUT2D eigenvalue weighted by Gasteiger charge is 2.44. The number of aromatic nitrogens is 3. The second-order valence-corrected chi connectivity index (χ2v) is 10.4. The third-order valence-corrected chi connectivity index (χ3v) is 7.60. The van der Waals surface area contributed by atoms with Gasteiger partial charge in [0.2, 0.25) is 5.90 Å². The van der Waals surface area contributed by atoms with Gasteiger partial charge in [0.15, 0.2) is 23.7 Å². The minimum atomic E-state index is -3.21. The van der Waals surface area contributed by atoms with Crippen molar-refractivity contribution in [2.75, 3.05) is 0 Å². The number of hydrogen-bond acceptors (Lipinski definition) is 6. The average Bonchev–Trinajstić information content (AvgIpc) is 3.30. The largest absolute Gasteiger partial charge is 0.454 e. The van der Waals surface area contributed by atoms with Gasteiger partial charge in [0, 0.05) is 38.9 Å². The number of halogens is 2. The monoisotopic (exact) mass is 581 g/mol. The number of fused-ring (bicyclic) bond motifs is 3. The summed E-state index contributed by atoms with van der Waals surface area (Å²) in [6, 6.07) is 37.3. The van der Waals surface area contributed by atoms with Crippen LogP contribution < -0.4 is 5.73 Å². The summed E-state index contributed by atoms with van der Waals surface area (Å²) in [5.74, 6) is -2.12. The standard InChI is InChI=1S/C36H25F2N5O/c37-36(38)29-18-16-25(32(40)44-31(39)22-10-4-1-5-11-22)20-27(29)28-21-26(17-19-30(28)36)35-42-33(23-12-6-2-7-13-23)41-34(43-35)24-14-8-3-9-15-24/h1-21,31,40H,39H2. The van der Waals surface area contributed by atoms with Crippen LogP contribution >= 0.6 is 0 Å². The van der Waals surface area contributed by atoms with Crippen molar-refractivity contribution < 1.29 is 13.5 Å². The molecule has 1 aromatic heterocycles. The maximum Gasteiger partial charge on any atom is 0.299 e. The molecule has 6 aromatic rings. The van der Waals surface area contributed by atoms with Crippen LogP contribution in [0.1, 0.15) is 28.5 Å². The summed E-state index contributed by atoms with van der Waals surface area (Å²) in [6.45, 7) is 0. The fourth-order valence-corrected chi connectivity index (χ4v) is 5.35. The molecular weight excluding hydrogens is 556 g/mol. The topological polar surface area (TPSA) is 97.8 Å². The molecule has 1 heterocycles. The molecule has 6 nitrogen and oxygen atoms in total. The Morgan fingerprint density at radius 1 is 0.614 bits per heavy atom. The molecule has 0 bridgehead atoms. The van der Waals surface area contributed by atoms with Crippen LogP contribution in [0, 0.1) is 5.41 Å². The number of rotatable bonds is 6. The zero-order valence-electron chi connectivity index (χ0n) is 23.3. The van der Waals surface area contributed by atoms with E-state index in [1.54, 1.807) is 30.3 Å². The molecule has 0 amide bonds. The van der Waals surface area contributed by atoms with Gasteiger partial charge in [-0.05, 0) is 29.3 Å². The molecule has 0 saturated carbocycles. The number of benzene rings is 5. The third-order valence-electron chi connectivity index (χ3n) is 7.60. The lowest BCUT2D eigenvalue weighted by Gasteiger charge is -2.16. The molecule has 3 N–H and O–H groups in total. The molecule has 1 unspecified atom stereocenters. The van der Waals surface area contributed by atoms with Crippen LogP contribution in [0.15, 0.2) is 127 Å². The number of hydrogen-bond donors (Lipinski definition) is 2. The highest BCUT2D eigenvalue weighted by atomic mass is 19.3. The highest BCUT2D eigenvalue weighted by Crippen LogP contribution is 2.52. The van der Waals surface area contributed by atoms with E-state index in [0.29, 0.717) is 45.3 Å². The Labute approximate surface area is 252 Å². The zero-order chi connectivity index (χ0) is 30.3. The second-order valence-electron chi connectivity index (χ2n) is 10.4. The minimum Gasteiger partial charge on any atom is -0.454 e. The van der Waals surface area contributed by atoms with E-state index in [4.69, 9.17) is 30.8 Å².